The van der Waals surface area contributed by atoms with Gasteiger partial charge < -0.3 is 5.32 Å². The number of hydrogen-bond donors (Lipinski definition) is 1. The van der Waals surface area contributed by atoms with Gasteiger partial charge in [-0.05, 0) is 44.1 Å². The predicted octanol–water partition coefficient (Wildman–Crippen LogP) is 2.81. The van der Waals surface area contributed by atoms with Gasteiger partial charge in [0.1, 0.15) is 0 Å². The van der Waals surface area contributed by atoms with E-state index in [9.17, 15) is 0 Å². The molecule has 1 saturated heterocycles. The van der Waals surface area contributed by atoms with Gasteiger partial charge in [0.15, 0.2) is 0 Å². The van der Waals surface area contributed by atoms with Crippen molar-refractivity contribution in [2.45, 2.75) is 52.5 Å². The average molecular weight is 169 g/mol. The van der Waals surface area contributed by atoms with Crippen molar-refractivity contribution in [1.29, 1.82) is 0 Å². The van der Waals surface area contributed by atoms with Crippen molar-refractivity contribution in [3.63, 3.8) is 0 Å². The molecule has 0 aromatic heterocycles. The van der Waals surface area contributed by atoms with E-state index < -0.39 is 0 Å². The highest BCUT2D eigenvalue weighted by Gasteiger charge is 2.15. The van der Waals surface area contributed by atoms with Crippen LogP contribution in [0.25, 0.3) is 0 Å². The Morgan fingerprint density at radius 3 is 2.58 bits per heavy atom. The summed E-state index contributed by atoms with van der Waals surface area (Å²) in [5.74, 6) is 1.75. The molecule has 0 spiro atoms. The summed E-state index contributed by atoms with van der Waals surface area (Å²) in [6.07, 6.45) is 5.58. The Bertz CT molecular complexity index is 112. The zero-order valence-corrected chi connectivity index (χ0v) is 8.77. The topological polar surface area (TPSA) is 12.0 Å². The summed E-state index contributed by atoms with van der Waals surface area (Å²) in [5, 5.41) is 3.55. The molecule has 0 saturated carbocycles. The van der Waals surface area contributed by atoms with Crippen molar-refractivity contribution in [1.82, 2.24) is 5.32 Å². The number of nitrogens with one attached hydrogen (secondary N) is 1. The number of rotatable bonds is 4. The second kappa shape index (κ2) is 4.86. The quantitative estimate of drug-likeness (QED) is 0.682. The molecule has 1 nitrogen and oxygen atoms in total. The standard InChI is InChI=1S/C11H23N/c1-9(2)10(3)6-7-11-5-4-8-12-11/h9-12H,4-8H2,1-3H3. The molecule has 1 rings (SSSR count). The van der Waals surface area contributed by atoms with E-state index >= 15 is 0 Å². The van der Waals surface area contributed by atoms with Crippen molar-refractivity contribution in [3.05, 3.63) is 0 Å². The van der Waals surface area contributed by atoms with E-state index in [0.29, 0.717) is 0 Å². The summed E-state index contributed by atoms with van der Waals surface area (Å²) in [4.78, 5) is 0. The van der Waals surface area contributed by atoms with Crippen molar-refractivity contribution < 1.29 is 0 Å². The van der Waals surface area contributed by atoms with Crippen molar-refractivity contribution in [2.75, 3.05) is 6.54 Å². The highest BCUT2D eigenvalue weighted by atomic mass is 14.9. The van der Waals surface area contributed by atoms with Gasteiger partial charge in [-0.15, -0.1) is 0 Å². The first-order valence-corrected chi connectivity index (χ1v) is 5.43. The van der Waals surface area contributed by atoms with Crippen molar-refractivity contribution in [2.24, 2.45) is 11.8 Å². The smallest absolute Gasteiger partial charge is 0.00676 e. The molecule has 0 aliphatic carbocycles. The van der Waals surface area contributed by atoms with Crippen LogP contribution in [0.1, 0.15) is 46.5 Å². The van der Waals surface area contributed by atoms with Crippen LogP contribution in [-0.2, 0) is 0 Å². The lowest BCUT2D eigenvalue weighted by atomic mass is 9.91. The Morgan fingerprint density at radius 1 is 1.33 bits per heavy atom. The minimum Gasteiger partial charge on any atom is -0.314 e. The van der Waals surface area contributed by atoms with Gasteiger partial charge in [0.2, 0.25) is 0 Å². The van der Waals surface area contributed by atoms with E-state index in [1.54, 1.807) is 0 Å². The molecule has 1 aliphatic rings. The van der Waals surface area contributed by atoms with Crippen LogP contribution in [0, 0.1) is 11.8 Å². The molecule has 0 amide bonds. The second-order valence-electron chi connectivity index (χ2n) is 4.59. The van der Waals surface area contributed by atoms with Crippen LogP contribution in [0.5, 0.6) is 0 Å². The molecule has 1 N–H and O–H groups in total. The van der Waals surface area contributed by atoms with E-state index in [4.69, 9.17) is 0 Å². The van der Waals surface area contributed by atoms with E-state index in [0.717, 1.165) is 17.9 Å². The van der Waals surface area contributed by atoms with Gasteiger partial charge >= 0.3 is 0 Å². The maximum absolute atomic E-state index is 3.55. The third kappa shape index (κ3) is 3.14. The van der Waals surface area contributed by atoms with Gasteiger partial charge in [-0.1, -0.05) is 20.8 Å². The van der Waals surface area contributed by atoms with Crippen molar-refractivity contribution >= 4 is 0 Å². The first-order valence-electron chi connectivity index (χ1n) is 5.43. The Kier molecular flexibility index (Phi) is 4.07. The van der Waals surface area contributed by atoms with Crippen LogP contribution < -0.4 is 5.32 Å². The van der Waals surface area contributed by atoms with Crippen LogP contribution in [0.2, 0.25) is 0 Å². The van der Waals surface area contributed by atoms with E-state index in [1.165, 1.54) is 32.2 Å². The molecule has 0 radical (unpaired) electrons. The van der Waals surface area contributed by atoms with Crippen LogP contribution in [-0.4, -0.2) is 12.6 Å². The monoisotopic (exact) mass is 169 g/mol. The molecule has 1 fully saturated rings. The molecule has 0 aromatic rings. The van der Waals surface area contributed by atoms with Gasteiger partial charge in [-0.2, -0.15) is 0 Å². The molecular formula is C11H23N. The van der Waals surface area contributed by atoms with Gasteiger partial charge in [0, 0.05) is 6.04 Å². The summed E-state index contributed by atoms with van der Waals surface area (Å²) in [6.45, 7) is 8.28. The molecule has 2 unspecified atom stereocenters. The molecule has 0 bridgehead atoms. The van der Waals surface area contributed by atoms with Crippen LogP contribution in [0.4, 0.5) is 0 Å². The third-order valence-corrected chi connectivity index (χ3v) is 3.27. The third-order valence-electron chi connectivity index (χ3n) is 3.27. The lowest BCUT2D eigenvalue weighted by molar-refractivity contribution is 0.360. The molecule has 1 heterocycles. The summed E-state index contributed by atoms with van der Waals surface area (Å²) in [5.41, 5.74) is 0. The minimum atomic E-state index is 0.839. The molecule has 1 heteroatoms. The predicted molar refractivity (Wildman–Crippen MR) is 54.3 cm³/mol. The molecule has 1 aliphatic heterocycles. The molecule has 72 valence electrons. The maximum Gasteiger partial charge on any atom is 0.00676 e. The van der Waals surface area contributed by atoms with E-state index in [1.807, 2.05) is 0 Å². The van der Waals surface area contributed by atoms with Crippen LogP contribution in [0.3, 0.4) is 0 Å². The Labute approximate surface area is 76.9 Å². The Morgan fingerprint density at radius 2 is 2.08 bits per heavy atom. The Balaban J connectivity index is 2.07. The van der Waals surface area contributed by atoms with E-state index in [2.05, 4.69) is 26.1 Å². The SMILES string of the molecule is CC(C)C(C)CCC1CCCN1. The van der Waals surface area contributed by atoms with Crippen LogP contribution in [0.15, 0.2) is 0 Å². The van der Waals surface area contributed by atoms with Gasteiger partial charge in [-0.3, -0.25) is 0 Å². The summed E-state index contributed by atoms with van der Waals surface area (Å²) >= 11 is 0. The lowest BCUT2D eigenvalue weighted by Gasteiger charge is -2.17. The zero-order valence-electron chi connectivity index (χ0n) is 8.77. The minimum absolute atomic E-state index is 0.839. The summed E-state index contributed by atoms with van der Waals surface area (Å²) in [6, 6.07) is 0.839. The fourth-order valence-electron chi connectivity index (χ4n) is 1.80. The van der Waals surface area contributed by atoms with Crippen LogP contribution >= 0.6 is 0 Å². The van der Waals surface area contributed by atoms with Gasteiger partial charge in [0.25, 0.3) is 0 Å². The summed E-state index contributed by atoms with van der Waals surface area (Å²) in [7, 11) is 0. The molecule has 2 atom stereocenters. The average Bonchev–Trinajstić information content (AvgIpc) is 2.51. The van der Waals surface area contributed by atoms with Crippen molar-refractivity contribution in [3.8, 4) is 0 Å². The maximum atomic E-state index is 3.55. The highest BCUT2D eigenvalue weighted by Crippen LogP contribution is 2.19. The fourth-order valence-corrected chi connectivity index (χ4v) is 1.80. The lowest BCUT2D eigenvalue weighted by Crippen LogP contribution is -2.22. The molecule has 12 heavy (non-hydrogen) atoms. The second-order valence-corrected chi connectivity index (χ2v) is 4.59. The van der Waals surface area contributed by atoms with Gasteiger partial charge in [-0.25, -0.2) is 0 Å². The largest absolute Gasteiger partial charge is 0.314 e. The molecular weight excluding hydrogens is 146 g/mol. The highest BCUT2D eigenvalue weighted by molar-refractivity contribution is 4.75. The number of hydrogen-bond acceptors (Lipinski definition) is 1. The van der Waals surface area contributed by atoms with Gasteiger partial charge in [0.05, 0.1) is 0 Å². The fraction of sp³-hybridized carbons (Fsp3) is 1.00. The molecule has 0 aromatic carbocycles. The first-order chi connectivity index (χ1) is 5.70. The normalized spacial score (nSPS) is 26.5. The Hall–Kier alpha value is -0.0400. The van der Waals surface area contributed by atoms with E-state index in [-0.39, 0.29) is 0 Å². The first kappa shape index (κ1) is 10.0. The summed E-state index contributed by atoms with van der Waals surface area (Å²) < 4.78 is 0. The zero-order chi connectivity index (χ0) is 8.97.